The first-order valence-electron chi connectivity index (χ1n) is 8.22. The molecule has 0 atom stereocenters. The number of rotatable bonds is 5. The second-order valence-electron chi connectivity index (χ2n) is 5.90. The minimum absolute atomic E-state index is 0.000787. The van der Waals surface area contributed by atoms with Gasteiger partial charge in [0, 0.05) is 28.5 Å². The maximum absolute atomic E-state index is 13.5. The molecule has 0 unspecified atom stereocenters. The molecule has 29 heavy (non-hydrogen) atoms. The normalized spacial score (nSPS) is 11.2. The molecule has 10 heteroatoms. The fourth-order valence-corrected chi connectivity index (χ4v) is 2.85. The Kier molecular flexibility index (Phi) is 6.24. The van der Waals surface area contributed by atoms with E-state index < -0.39 is 23.3 Å². The number of anilines is 2. The first-order chi connectivity index (χ1) is 13.7. The highest BCUT2D eigenvalue weighted by atomic mass is 35.5. The number of carbonyl (C=O) groups excluding carboxylic acids is 1. The molecule has 0 aliphatic heterocycles. The number of alkyl halides is 3. The lowest BCUT2D eigenvalue weighted by atomic mass is 10.2. The third-order valence-corrected chi connectivity index (χ3v) is 4.19. The molecule has 0 saturated carbocycles. The Morgan fingerprint density at radius 1 is 1.03 bits per heavy atom. The molecule has 0 fully saturated rings. The van der Waals surface area contributed by atoms with Gasteiger partial charge in [-0.2, -0.15) is 13.2 Å². The van der Waals surface area contributed by atoms with E-state index in [1.807, 2.05) is 0 Å². The van der Waals surface area contributed by atoms with Crippen LogP contribution in [0.15, 0.2) is 54.7 Å². The molecule has 5 nitrogen and oxygen atoms in total. The largest absolute Gasteiger partial charge is 0.434 e. The van der Waals surface area contributed by atoms with Crippen molar-refractivity contribution in [3.05, 3.63) is 81.6 Å². The zero-order valence-electron chi connectivity index (χ0n) is 14.6. The highest BCUT2D eigenvalue weighted by Gasteiger charge is 2.38. The van der Waals surface area contributed by atoms with Crippen molar-refractivity contribution in [2.24, 2.45) is 0 Å². The van der Waals surface area contributed by atoms with Crippen LogP contribution in [-0.2, 0) is 12.7 Å². The maximum atomic E-state index is 13.5. The Labute approximate surface area is 173 Å². The molecule has 0 aliphatic rings. The summed E-state index contributed by atoms with van der Waals surface area (Å²) in [5, 5.41) is 5.89. The van der Waals surface area contributed by atoms with E-state index in [9.17, 15) is 18.0 Å². The summed E-state index contributed by atoms with van der Waals surface area (Å²) in [6.45, 7) is -0.000787. The molecule has 0 saturated heterocycles. The molecule has 3 rings (SSSR count). The van der Waals surface area contributed by atoms with E-state index in [0.717, 1.165) is 6.20 Å². The predicted molar refractivity (Wildman–Crippen MR) is 104 cm³/mol. The van der Waals surface area contributed by atoms with Crippen LogP contribution in [-0.4, -0.2) is 15.9 Å². The standard InChI is InChI=1S/C19H13Cl2F3N4O/c20-12-4-1-3-11(7-12)9-25-17(29)15-10-26-18(28-16(15)19(22,23)24)27-14-6-2-5-13(21)8-14/h1-8,10H,9H2,(H,25,29)(H,26,27,28). The fourth-order valence-electron chi connectivity index (χ4n) is 2.44. The Balaban J connectivity index is 1.83. The lowest BCUT2D eigenvalue weighted by molar-refractivity contribution is -0.141. The van der Waals surface area contributed by atoms with Gasteiger partial charge in [0.15, 0.2) is 5.69 Å². The van der Waals surface area contributed by atoms with Gasteiger partial charge in [0.05, 0.1) is 5.56 Å². The van der Waals surface area contributed by atoms with Gasteiger partial charge < -0.3 is 10.6 Å². The molecule has 2 aromatic carbocycles. The van der Waals surface area contributed by atoms with E-state index in [4.69, 9.17) is 23.2 Å². The molecule has 0 spiro atoms. The van der Waals surface area contributed by atoms with E-state index in [1.54, 1.807) is 42.5 Å². The number of nitrogens with zero attached hydrogens (tertiary/aromatic N) is 2. The van der Waals surface area contributed by atoms with Crippen molar-refractivity contribution in [3.63, 3.8) is 0 Å². The number of amides is 1. The van der Waals surface area contributed by atoms with Crippen molar-refractivity contribution in [1.82, 2.24) is 15.3 Å². The summed E-state index contributed by atoms with van der Waals surface area (Å²) in [4.78, 5) is 19.6. The van der Waals surface area contributed by atoms with Crippen LogP contribution >= 0.6 is 23.2 Å². The zero-order chi connectivity index (χ0) is 21.0. The van der Waals surface area contributed by atoms with Crippen LogP contribution in [0.3, 0.4) is 0 Å². The van der Waals surface area contributed by atoms with Gasteiger partial charge in [0.2, 0.25) is 5.95 Å². The van der Waals surface area contributed by atoms with E-state index in [0.29, 0.717) is 21.3 Å². The lowest BCUT2D eigenvalue weighted by Crippen LogP contribution is -2.27. The number of carbonyl (C=O) groups is 1. The van der Waals surface area contributed by atoms with Gasteiger partial charge in [-0.25, -0.2) is 9.97 Å². The molecule has 0 radical (unpaired) electrons. The average molecular weight is 441 g/mol. The summed E-state index contributed by atoms with van der Waals surface area (Å²) >= 11 is 11.7. The summed E-state index contributed by atoms with van der Waals surface area (Å²) in [7, 11) is 0. The number of aromatic nitrogens is 2. The van der Waals surface area contributed by atoms with Gasteiger partial charge in [-0.15, -0.1) is 0 Å². The van der Waals surface area contributed by atoms with E-state index >= 15 is 0 Å². The van der Waals surface area contributed by atoms with Gasteiger partial charge in [-0.05, 0) is 35.9 Å². The summed E-state index contributed by atoms with van der Waals surface area (Å²) in [5.74, 6) is -1.27. The highest BCUT2D eigenvalue weighted by Crippen LogP contribution is 2.31. The molecule has 0 aliphatic carbocycles. The summed E-state index contributed by atoms with van der Waals surface area (Å²) < 4.78 is 40.4. The van der Waals surface area contributed by atoms with Crippen molar-refractivity contribution in [1.29, 1.82) is 0 Å². The first-order valence-corrected chi connectivity index (χ1v) is 8.97. The Morgan fingerprint density at radius 3 is 2.38 bits per heavy atom. The lowest BCUT2D eigenvalue weighted by Gasteiger charge is -2.14. The fraction of sp³-hybridized carbons (Fsp3) is 0.105. The van der Waals surface area contributed by atoms with Gasteiger partial charge in [-0.1, -0.05) is 41.4 Å². The van der Waals surface area contributed by atoms with E-state index in [-0.39, 0.29) is 12.5 Å². The number of hydrogen-bond donors (Lipinski definition) is 2. The van der Waals surface area contributed by atoms with Crippen molar-refractivity contribution in [2.75, 3.05) is 5.32 Å². The van der Waals surface area contributed by atoms with Crippen molar-refractivity contribution in [2.45, 2.75) is 12.7 Å². The van der Waals surface area contributed by atoms with E-state index in [1.165, 1.54) is 6.07 Å². The van der Waals surface area contributed by atoms with Crippen LogP contribution in [0.25, 0.3) is 0 Å². The minimum atomic E-state index is -4.85. The summed E-state index contributed by atoms with van der Waals surface area (Å²) in [6, 6.07) is 12.9. The molecule has 150 valence electrons. The van der Waals surface area contributed by atoms with Gasteiger partial charge in [0.25, 0.3) is 5.91 Å². The Bertz CT molecular complexity index is 1040. The van der Waals surface area contributed by atoms with Crippen LogP contribution in [0.1, 0.15) is 21.6 Å². The number of nitrogens with one attached hydrogen (secondary N) is 2. The third kappa shape index (κ3) is 5.58. The molecule has 2 N–H and O–H groups in total. The van der Waals surface area contributed by atoms with Gasteiger partial charge >= 0.3 is 6.18 Å². The molecule has 1 heterocycles. The Hall–Kier alpha value is -2.84. The highest BCUT2D eigenvalue weighted by molar-refractivity contribution is 6.31. The molecule has 1 amide bonds. The molecule has 3 aromatic rings. The second-order valence-corrected chi connectivity index (χ2v) is 6.77. The van der Waals surface area contributed by atoms with Crippen molar-refractivity contribution in [3.8, 4) is 0 Å². The third-order valence-electron chi connectivity index (χ3n) is 3.72. The van der Waals surface area contributed by atoms with Crippen LogP contribution in [0.2, 0.25) is 10.0 Å². The smallest absolute Gasteiger partial charge is 0.348 e. The summed E-state index contributed by atoms with van der Waals surface area (Å²) in [5.41, 5.74) is -0.986. The quantitative estimate of drug-likeness (QED) is 0.551. The maximum Gasteiger partial charge on any atom is 0.434 e. The monoisotopic (exact) mass is 440 g/mol. The molecular formula is C19H13Cl2F3N4O. The van der Waals surface area contributed by atoms with Crippen molar-refractivity contribution < 1.29 is 18.0 Å². The van der Waals surface area contributed by atoms with Crippen LogP contribution in [0.5, 0.6) is 0 Å². The van der Waals surface area contributed by atoms with Crippen molar-refractivity contribution >= 4 is 40.7 Å². The summed E-state index contributed by atoms with van der Waals surface area (Å²) in [6.07, 6.45) is -4.02. The average Bonchev–Trinajstić information content (AvgIpc) is 2.65. The molecule has 1 aromatic heterocycles. The number of benzene rings is 2. The van der Waals surface area contributed by atoms with E-state index in [2.05, 4.69) is 20.6 Å². The predicted octanol–water partition coefficient (Wildman–Crippen LogP) is 5.48. The first kappa shape index (κ1) is 20.9. The second kappa shape index (κ2) is 8.67. The van der Waals surface area contributed by atoms with Gasteiger partial charge in [-0.3, -0.25) is 4.79 Å². The van der Waals surface area contributed by atoms with Crippen LogP contribution in [0, 0.1) is 0 Å². The topological polar surface area (TPSA) is 66.9 Å². The molecule has 0 bridgehead atoms. The number of hydrogen-bond acceptors (Lipinski definition) is 4. The van der Waals surface area contributed by atoms with Crippen LogP contribution < -0.4 is 10.6 Å². The Morgan fingerprint density at radius 2 is 1.72 bits per heavy atom. The number of halogens is 5. The van der Waals surface area contributed by atoms with Crippen LogP contribution in [0.4, 0.5) is 24.8 Å². The SMILES string of the molecule is O=C(NCc1cccc(Cl)c1)c1cnc(Nc2cccc(Cl)c2)nc1C(F)(F)F. The zero-order valence-corrected chi connectivity index (χ0v) is 16.1. The van der Waals surface area contributed by atoms with Gasteiger partial charge in [0.1, 0.15) is 0 Å². The molecular weight excluding hydrogens is 428 g/mol. The minimum Gasteiger partial charge on any atom is -0.348 e.